The zero-order valence-corrected chi connectivity index (χ0v) is 27.1. The second-order valence-corrected chi connectivity index (χ2v) is 16.1. The molecule has 0 aromatic heterocycles. The molecule has 5 aliphatic rings. The van der Waals surface area contributed by atoms with Crippen molar-refractivity contribution < 1.29 is 29.1 Å². The second kappa shape index (κ2) is 10.7. The monoisotopic (exact) mass is 607 g/mol. The highest BCUT2D eigenvalue weighted by molar-refractivity contribution is 5.90. The highest BCUT2D eigenvalue weighted by Gasteiger charge is 2.67. The Balaban J connectivity index is 1.19. The van der Waals surface area contributed by atoms with Crippen LogP contribution in [-0.4, -0.2) is 39.8 Å². The summed E-state index contributed by atoms with van der Waals surface area (Å²) in [7, 11) is 0. The van der Waals surface area contributed by atoms with Gasteiger partial charge in [0.05, 0.1) is 10.5 Å². The molecule has 0 amide bonds. The van der Waals surface area contributed by atoms with Crippen LogP contribution in [0.4, 0.5) is 5.69 Å². The molecule has 4 saturated carbocycles. The third-order valence-corrected chi connectivity index (χ3v) is 13.3. The summed E-state index contributed by atoms with van der Waals surface area (Å²) in [6, 6.07) is 5.79. The second-order valence-electron chi connectivity index (χ2n) is 16.1. The number of ether oxygens (including phenoxy) is 2. The molecule has 1 heterocycles. The predicted molar refractivity (Wildman–Crippen MR) is 166 cm³/mol. The van der Waals surface area contributed by atoms with Crippen LogP contribution in [0.1, 0.15) is 110 Å². The van der Waals surface area contributed by atoms with Gasteiger partial charge >= 0.3 is 11.9 Å². The number of fused-ring (bicyclic) bond motifs is 5. The third kappa shape index (κ3) is 4.73. The SMILES string of the molecule is CC(C)=C[C@@H]1C[C@](O)([C@H]2CC[C@@H]3[C@@H]2CC[C@H]2[C@@]3(C)CC[C@H]3C(C)(C)[C@@H](OC(=O)c4cccc([N+](=O)[O-])c4)CC[C@]23C)C(=O)O1. The Labute approximate surface area is 261 Å². The molecule has 0 spiro atoms. The summed E-state index contributed by atoms with van der Waals surface area (Å²) in [4.78, 5) is 37.0. The van der Waals surface area contributed by atoms with Gasteiger partial charge in [0.2, 0.25) is 0 Å². The molecule has 0 unspecified atom stereocenters. The normalized spacial score (nSPS) is 42.3. The van der Waals surface area contributed by atoms with Gasteiger partial charge in [0.15, 0.2) is 5.60 Å². The molecule has 6 rings (SSSR count). The zero-order chi connectivity index (χ0) is 31.8. The van der Waals surface area contributed by atoms with Crippen LogP contribution >= 0.6 is 0 Å². The molecule has 5 fully saturated rings. The summed E-state index contributed by atoms with van der Waals surface area (Å²) < 4.78 is 11.8. The molecule has 44 heavy (non-hydrogen) atoms. The number of aliphatic hydroxyl groups is 1. The van der Waals surface area contributed by atoms with E-state index < -0.39 is 22.5 Å². The number of cyclic esters (lactones) is 1. The van der Waals surface area contributed by atoms with Crippen molar-refractivity contribution in [1.29, 1.82) is 0 Å². The van der Waals surface area contributed by atoms with Gasteiger partial charge in [0.1, 0.15) is 12.2 Å². The number of nitro benzene ring substituents is 1. The van der Waals surface area contributed by atoms with Crippen molar-refractivity contribution in [2.75, 3.05) is 0 Å². The Morgan fingerprint density at radius 1 is 1.00 bits per heavy atom. The highest BCUT2D eigenvalue weighted by atomic mass is 16.6. The number of nitro groups is 1. The Kier molecular flexibility index (Phi) is 7.58. The summed E-state index contributed by atoms with van der Waals surface area (Å²) in [5.41, 5.74) is -0.239. The molecular weight excluding hydrogens is 558 g/mol. The largest absolute Gasteiger partial charge is 0.458 e. The molecule has 10 atom stereocenters. The number of hydrogen-bond acceptors (Lipinski definition) is 7. The first-order chi connectivity index (χ1) is 20.6. The van der Waals surface area contributed by atoms with Crippen LogP contribution in [0.5, 0.6) is 0 Å². The molecule has 1 saturated heterocycles. The Bertz CT molecular complexity index is 1380. The van der Waals surface area contributed by atoms with Gasteiger partial charge in [-0.3, -0.25) is 10.1 Å². The van der Waals surface area contributed by atoms with Gasteiger partial charge in [-0.25, -0.2) is 9.59 Å². The highest BCUT2D eigenvalue weighted by Crippen LogP contribution is 2.72. The lowest BCUT2D eigenvalue weighted by Crippen LogP contribution is -2.62. The Morgan fingerprint density at radius 3 is 2.41 bits per heavy atom. The number of carbonyl (C=O) groups excluding carboxylic acids is 2. The van der Waals surface area contributed by atoms with Crippen LogP contribution in [0.2, 0.25) is 0 Å². The minimum Gasteiger partial charge on any atom is -0.458 e. The summed E-state index contributed by atoms with van der Waals surface area (Å²) in [6.45, 7) is 13.4. The number of esters is 2. The average Bonchev–Trinajstić information content (AvgIpc) is 3.51. The minimum absolute atomic E-state index is 0.0562. The van der Waals surface area contributed by atoms with Crippen molar-refractivity contribution in [3.8, 4) is 0 Å². The van der Waals surface area contributed by atoms with Gasteiger partial charge < -0.3 is 14.6 Å². The van der Waals surface area contributed by atoms with Crippen LogP contribution < -0.4 is 0 Å². The number of carbonyl (C=O) groups is 2. The van der Waals surface area contributed by atoms with Gasteiger partial charge in [0.25, 0.3) is 5.69 Å². The summed E-state index contributed by atoms with van der Waals surface area (Å²) in [6.07, 6.45) is 9.58. The molecule has 240 valence electrons. The van der Waals surface area contributed by atoms with E-state index in [4.69, 9.17) is 9.47 Å². The maximum absolute atomic E-state index is 13.2. The Hall–Kier alpha value is -2.74. The van der Waals surface area contributed by atoms with Gasteiger partial charge in [-0.2, -0.15) is 0 Å². The van der Waals surface area contributed by atoms with Crippen molar-refractivity contribution >= 4 is 17.6 Å². The quantitative estimate of drug-likeness (QED) is 0.160. The minimum atomic E-state index is -1.40. The average molecular weight is 608 g/mol. The van der Waals surface area contributed by atoms with Gasteiger partial charge in [-0.1, -0.05) is 39.3 Å². The standard InChI is InChI=1S/C36H49NO7/c1-21(2)18-24-20-36(40,32(39)43-24)27-12-11-26-25(27)10-13-29-34(26,5)16-14-28-33(3,4)30(15-17-35(28,29)6)44-31(38)22-8-7-9-23(19-22)37(41)42/h7-9,18-19,24-30,40H,10-17,20H2,1-6H3/t24-,25+,26-,27+,28+,29+,30+,34+,35+,36+/m1/s1. The van der Waals surface area contributed by atoms with E-state index >= 15 is 0 Å². The molecule has 0 bridgehead atoms. The topological polar surface area (TPSA) is 116 Å². The molecule has 1 N–H and O–H groups in total. The fraction of sp³-hybridized carbons (Fsp3) is 0.722. The molecule has 8 heteroatoms. The molecule has 0 radical (unpaired) electrons. The van der Waals surface area contributed by atoms with Crippen LogP contribution in [0, 0.1) is 55.9 Å². The maximum Gasteiger partial charge on any atom is 0.339 e. The van der Waals surface area contributed by atoms with Gasteiger partial charge in [-0.05, 0) is 112 Å². The number of non-ortho nitro benzene ring substituents is 1. The van der Waals surface area contributed by atoms with E-state index in [2.05, 4.69) is 27.7 Å². The summed E-state index contributed by atoms with van der Waals surface area (Å²) >= 11 is 0. The van der Waals surface area contributed by atoms with Crippen molar-refractivity contribution in [2.45, 2.75) is 117 Å². The number of rotatable bonds is 5. The van der Waals surface area contributed by atoms with E-state index in [0.717, 1.165) is 56.9 Å². The van der Waals surface area contributed by atoms with Crippen LogP contribution in [0.25, 0.3) is 0 Å². The summed E-state index contributed by atoms with van der Waals surface area (Å²) in [5.74, 6) is 0.689. The van der Waals surface area contributed by atoms with Crippen molar-refractivity contribution in [3.05, 3.63) is 51.6 Å². The fourth-order valence-corrected chi connectivity index (χ4v) is 11.5. The lowest BCUT2D eigenvalue weighted by Gasteiger charge is -2.67. The first-order valence-electron chi connectivity index (χ1n) is 16.6. The zero-order valence-electron chi connectivity index (χ0n) is 27.1. The molecule has 1 aliphatic heterocycles. The van der Waals surface area contributed by atoms with Crippen molar-refractivity contribution in [3.63, 3.8) is 0 Å². The van der Waals surface area contributed by atoms with E-state index in [0.29, 0.717) is 30.1 Å². The van der Waals surface area contributed by atoms with Gasteiger partial charge in [-0.15, -0.1) is 0 Å². The smallest absolute Gasteiger partial charge is 0.339 e. The molecule has 1 aromatic carbocycles. The van der Waals surface area contributed by atoms with E-state index in [9.17, 15) is 24.8 Å². The van der Waals surface area contributed by atoms with Crippen LogP contribution in [0.3, 0.4) is 0 Å². The third-order valence-electron chi connectivity index (χ3n) is 13.3. The van der Waals surface area contributed by atoms with Crippen molar-refractivity contribution in [1.82, 2.24) is 0 Å². The molecule has 4 aliphatic carbocycles. The number of benzene rings is 1. The van der Waals surface area contributed by atoms with Crippen LogP contribution in [0.15, 0.2) is 35.9 Å². The van der Waals surface area contributed by atoms with Crippen LogP contribution in [-0.2, 0) is 14.3 Å². The maximum atomic E-state index is 13.2. The number of hydrogen-bond donors (Lipinski definition) is 1. The molecule has 1 aromatic rings. The first-order valence-corrected chi connectivity index (χ1v) is 16.6. The predicted octanol–water partition coefficient (Wildman–Crippen LogP) is 7.43. The Morgan fingerprint density at radius 2 is 1.70 bits per heavy atom. The fourth-order valence-electron chi connectivity index (χ4n) is 11.5. The van der Waals surface area contributed by atoms with E-state index in [1.807, 2.05) is 19.9 Å². The number of nitrogens with zero attached hydrogens (tertiary/aromatic N) is 1. The number of allylic oxidation sites excluding steroid dienone is 1. The van der Waals surface area contributed by atoms with E-state index in [1.165, 1.54) is 18.2 Å². The van der Waals surface area contributed by atoms with Crippen molar-refractivity contribution in [2.24, 2.45) is 45.8 Å². The lowest BCUT2D eigenvalue weighted by molar-refractivity contribution is -0.384. The van der Waals surface area contributed by atoms with E-state index in [1.54, 1.807) is 6.07 Å². The molecule has 8 nitrogen and oxygen atoms in total. The van der Waals surface area contributed by atoms with Gasteiger partial charge in [0, 0.05) is 29.9 Å². The summed E-state index contributed by atoms with van der Waals surface area (Å²) in [5, 5.41) is 23.1. The van der Waals surface area contributed by atoms with E-state index in [-0.39, 0.29) is 45.6 Å². The first kappa shape index (κ1) is 31.3. The molecular formula is C36H49NO7. The lowest BCUT2D eigenvalue weighted by atomic mass is 9.38.